The highest BCUT2D eigenvalue weighted by Gasteiger charge is 2.11. The van der Waals surface area contributed by atoms with Gasteiger partial charge >= 0.3 is 0 Å². The summed E-state index contributed by atoms with van der Waals surface area (Å²) in [6.07, 6.45) is 1.80. The second kappa shape index (κ2) is 5.42. The number of benzene rings is 1. The fraction of sp³-hybridized carbons (Fsp3) is 0.333. The standard InChI is InChI=1S/C12H16N2O2/c1-4-9(2)13-10(3)11-6-5-7-12(8-11)14(15)16/h4-10,13H,1H2,2-3H3. The molecule has 1 rings (SSSR count). The Hall–Kier alpha value is -1.68. The number of nitro groups is 1. The van der Waals surface area contributed by atoms with E-state index >= 15 is 0 Å². The lowest BCUT2D eigenvalue weighted by molar-refractivity contribution is -0.384. The van der Waals surface area contributed by atoms with Crippen LogP contribution in [0.15, 0.2) is 36.9 Å². The molecule has 0 aliphatic heterocycles. The summed E-state index contributed by atoms with van der Waals surface area (Å²) in [5, 5.41) is 13.9. The van der Waals surface area contributed by atoms with Gasteiger partial charge in [0, 0.05) is 24.2 Å². The van der Waals surface area contributed by atoms with Gasteiger partial charge in [-0.05, 0) is 19.4 Å². The van der Waals surface area contributed by atoms with Crippen molar-refractivity contribution in [3.05, 3.63) is 52.6 Å². The first-order valence-corrected chi connectivity index (χ1v) is 5.17. The molecule has 2 unspecified atom stereocenters. The number of hydrogen-bond acceptors (Lipinski definition) is 3. The predicted octanol–water partition coefficient (Wildman–Crippen LogP) is 2.82. The Balaban J connectivity index is 2.83. The average molecular weight is 220 g/mol. The van der Waals surface area contributed by atoms with Crippen molar-refractivity contribution in [3.8, 4) is 0 Å². The summed E-state index contributed by atoms with van der Waals surface area (Å²) in [6, 6.07) is 6.90. The molecule has 2 atom stereocenters. The van der Waals surface area contributed by atoms with Gasteiger partial charge in [-0.2, -0.15) is 0 Å². The Morgan fingerprint density at radius 2 is 2.19 bits per heavy atom. The number of nitrogens with one attached hydrogen (secondary N) is 1. The largest absolute Gasteiger partial charge is 0.304 e. The average Bonchev–Trinajstić information content (AvgIpc) is 2.28. The molecule has 0 bridgehead atoms. The summed E-state index contributed by atoms with van der Waals surface area (Å²) in [4.78, 5) is 10.2. The molecule has 86 valence electrons. The Morgan fingerprint density at radius 3 is 2.75 bits per heavy atom. The van der Waals surface area contributed by atoms with Gasteiger partial charge in [0.15, 0.2) is 0 Å². The molecular formula is C12H16N2O2. The highest BCUT2D eigenvalue weighted by atomic mass is 16.6. The van der Waals surface area contributed by atoms with E-state index in [1.165, 1.54) is 6.07 Å². The summed E-state index contributed by atoms with van der Waals surface area (Å²) in [5.41, 5.74) is 1.03. The van der Waals surface area contributed by atoms with Crippen molar-refractivity contribution < 1.29 is 4.92 Å². The summed E-state index contributed by atoms with van der Waals surface area (Å²) in [7, 11) is 0. The fourth-order valence-electron chi connectivity index (χ4n) is 1.47. The van der Waals surface area contributed by atoms with Crippen molar-refractivity contribution in [2.75, 3.05) is 0 Å². The molecule has 0 amide bonds. The minimum Gasteiger partial charge on any atom is -0.304 e. The van der Waals surface area contributed by atoms with Crippen molar-refractivity contribution >= 4 is 5.69 Å². The van der Waals surface area contributed by atoms with Gasteiger partial charge in [0.1, 0.15) is 0 Å². The molecule has 0 saturated carbocycles. The van der Waals surface area contributed by atoms with Crippen molar-refractivity contribution in [2.45, 2.75) is 25.9 Å². The predicted molar refractivity (Wildman–Crippen MR) is 64.3 cm³/mol. The van der Waals surface area contributed by atoms with E-state index in [9.17, 15) is 10.1 Å². The molecule has 0 aliphatic carbocycles. The number of nitrogens with zero attached hydrogens (tertiary/aromatic N) is 1. The van der Waals surface area contributed by atoms with Crippen LogP contribution in [-0.4, -0.2) is 11.0 Å². The van der Waals surface area contributed by atoms with Gasteiger partial charge in [-0.3, -0.25) is 10.1 Å². The summed E-state index contributed by atoms with van der Waals surface area (Å²) in [5.74, 6) is 0. The fourth-order valence-corrected chi connectivity index (χ4v) is 1.47. The van der Waals surface area contributed by atoms with E-state index in [0.29, 0.717) is 0 Å². The molecule has 0 fully saturated rings. The van der Waals surface area contributed by atoms with Gasteiger partial charge in [-0.15, -0.1) is 6.58 Å². The van der Waals surface area contributed by atoms with Gasteiger partial charge in [0.2, 0.25) is 0 Å². The zero-order valence-electron chi connectivity index (χ0n) is 9.51. The van der Waals surface area contributed by atoms with E-state index in [2.05, 4.69) is 11.9 Å². The maximum Gasteiger partial charge on any atom is 0.269 e. The SMILES string of the molecule is C=CC(C)NC(C)c1cccc([N+](=O)[O-])c1. The Labute approximate surface area is 95.1 Å². The molecular weight excluding hydrogens is 204 g/mol. The van der Waals surface area contributed by atoms with E-state index in [1.807, 2.05) is 19.9 Å². The van der Waals surface area contributed by atoms with Crippen molar-refractivity contribution in [3.63, 3.8) is 0 Å². The maximum atomic E-state index is 10.6. The van der Waals surface area contributed by atoms with Gasteiger partial charge in [-0.1, -0.05) is 18.2 Å². The quantitative estimate of drug-likeness (QED) is 0.471. The van der Waals surface area contributed by atoms with E-state index in [-0.39, 0.29) is 22.7 Å². The molecule has 16 heavy (non-hydrogen) atoms. The monoisotopic (exact) mass is 220 g/mol. The molecule has 0 saturated heterocycles. The molecule has 4 heteroatoms. The van der Waals surface area contributed by atoms with Crippen molar-refractivity contribution in [1.29, 1.82) is 0 Å². The molecule has 4 nitrogen and oxygen atoms in total. The molecule has 1 aromatic rings. The van der Waals surface area contributed by atoms with E-state index < -0.39 is 0 Å². The molecule has 0 spiro atoms. The summed E-state index contributed by atoms with van der Waals surface area (Å²) >= 11 is 0. The van der Waals surface area contributed by atoms with Crippen LogP contribution < -0.4 is 5.32 Å². The summed E-state index contributed by atoms with van der Waals surface area (Å²) in [6.45, 7) is 7.64. The maximum absolute atomic E-state index is 10.6. The highest BCUT2D eigenvalue weighted by molar-refractivity contribution is 5.35. The van der Waals surface area contributed by atoms with Crippen LogP contribution in [0.4, 0.5) is 5.69 Å². The van der Waals surface area contributed by atoms with Gasteiger partial charge in [-0.25, -0.2) is 0 Å². The van der Waals surface area contributed by atoms with E-state index in [0.717, 1.165) is 5.56 Å². The van der Waals surface area contributed by atoms with Crippen molar-refractivity contribution in [2.24, 2.45) is 0 Å². The van der Waals surface area contributed by atoms with Crippen LogP contribution in [-0.2, 0) is 0 Å². The van der Waals surface area contributed by atoms with Gasteiger partial charge < -0.3 is 5.32 Å². The highest BCUT2D eigenvalue weighted by Crippen LogP contribution is 2.19. The minimum absolute atomic E-state index is 0.0629. The van der Waals surface area contributed by atoms with Crippen LogP contribution in [0.3, 0.4) is 0 Å². The molecule has 0 radical (unpaired) electrons. The molecule has 0 aliphatic rings. The first-order chi connectivity index (χ1) is 7.54. The van der Waals surface area contributed by atoms with Crippen LogP contribution >= 0.6 is 0 Å². The number of nitro benzene ring substituents is 1. The first kappa shape index (κ1) is 12.4. The lowest BCUT2D eigenvalue weighted by Crippen LogP contribution is -2.26. The zero-order chi connectivity index (χ0) is 12.1. The van der Waals surface area contributed by atoms with Crippen molar-refractivity contribution in [1.82, 2.24) is 5.32 Å². The van der Waals surface area contributed by atoms with Crippen LogP contribution in [0, 0.1) is 10.1 Å². The third kappa shape index (κ3) is 3.17. The Morgan fingerprint density at radius 1 is 1.50 bits per heavy atom. The lowest BCUT2D eigenvalue weighted by Gasteiger charge is -2.17. The Bertz CT molecular complexity index is 390. The normalized spacial score (nSPS) is 14.1. The molecule has 0 heterocycles. The van der Waals surface area contributed by atoms with Crippen LogP contribution in [0.2, 0.25) is 0 Å². The topological polar surface area (TPSA) is 55.2 Å². The number of hydrogen-bond donors (Lipinski definition) is 1. The first-order valence-electron chi connectivity index (χ1n) is 5.17. The molecule has 0 aromatic heterocycles. The third-order valence-electron chi connectivity index (χ3n) is 2.45. The van der Waals surface area contributed by atoms with Gasteiger partial charge in [0.05, 0.1) is 4.92 Å². The molecule has 1 aromatic carbocycles. The molecule has 1 N–H and O–H groups in total. The second-order valence-electron chi connectivity index (χ2n) is 3.76. The second-order valence-corrected chi connectivity index (χ2v) is 3.76. The summed E-state index contributed by atoms with van der Waals surface area (Å²) < 4.78 is 0. The third-order valence-corrected chi connectivity index (χ3v) is 2.45. The van der Waals surface area contributed by atoms with E-state index in [4.69, 9.17) is 0 Å². The smallest absolute Gasteiger partial charge is 0.269 e. The lowest BCUT2D eigenvalue weighted by atomic mass is 10.1. The zero-order valence-corrected chi connectivity index (χ0v) is 9.51. The number of non-ortho nitro benzene ring substituents is 1. The van der Waals surface area contributed by atoms with Crippen LogP contribution in [0.5, 0.6) is 0 Å². The minimum atomic E-state index is -0.382. The Kier molecular flexibility index (Phi) is 4.19. The van der Waals surface area contributed by atoms with Crippen LogP contribution in [0.25, 0.3) is 0 Å². The van der Waals surface area contributed by atoms with Gasteiger partial charge in [0.25, 0.3) is 5.69 Å². The number of rotatable bonds is 5. The van der Waals surface area contributed by atoms with E-state index in [1.54, 1.807) is 18.2 Å². The van der Waals surface area contributed by atoms with Crippen LogP contribution in [0.1, 0.15) is 25.5 Å².